The quantitative estimate of drug-likeness (QED) is 0.895. The number of nitrogens with one attached hydrogen (secondary N) is 1. The van der Waals surface area contributed by atoms with E-state index in [4.69, 9.17) is 0 Å². The fraction of sp³-hybridized carbons (Fsp3) is 0.462. The number of carbonyl (C=O) groups is 1. The predicted molar refractivity (Wildman–Crippen MR) is 65.4 cm³/mol. The lowest BCUT2D eigenvalue weighted by Gasteiger charge is -2.19. The number of amides is 1. The van der Waals surface area contributed by atoms with Crippen molar-refractivity contribution in [2.24, 2.45) is 0 Å². The normalized spacial score (nSPS) is 19.9. The molecule has 0 radical (unpaired) electrons. The molecule has 98 valence electrons. The zero-order valence-electron chi connectivity index (χ0n) is 10.4. The number of benzene rings is 1. The monoisotopic (exact) mass is 254 g/mol. The summed E-state index contributed by atoms with van der Waals surface area (Å²) in [6.07, 6.45) is 0.604. The molecule has 1 fully saturated rings. The van der Waals surface area contributed by atoms with E-state index in [-0.39, 0.29) is 23.7 Å². The van der Waals surface area contributed by atoms with Crippen molar-refractivity contribution in [1.82, 2.24) is 5.32 Å². The maximum absolute atomic E-state index is 13.6. The van der Waals surface area contributed by atoms with Crippen LogP contribution < -0.4 is 10.2 Å². The molecule has 1 heterocycles. The van der Waals surface area contributed by atoms with E-state index >= 15 is 0 Å². The van der Waals surface area contributed by atoms with Crippen LogP contribution in [0, 0.1) is 11.6 Å². The number of nitrogens with zero attached hydrogens (tertiary/aromatic N) is 1. The summed E-state index contributed by atoms with van der Waals surface area (Å²) in [7, 11) is 0. The van der Waals surface area contributed by atoms with E-state index in [9.17, 15) is 13.6 Å². The van der Waals surface area contributed by atoms with Crippen molar-refractivity contribution < 1.29 is 13.6 Å². The molecule has 18 heavy (non-hydrogen) atoms. The van der Waals surface area contributed by atoms with E-state index in [0.717, 1.165) is 18.2 Å². The van der Waals surface area contributed by atoms with Crippen LogP contribution in [0.2, 0.25) is 0 Å². The van der Waals surface area contributed by atoms with Gasteiger partial charge in [0.05, 0.1) is 11.7 Å². The molecule has 1 saturated heterocycles. The van der Waals surface area contributed by atoms with Gasteiger partial charge >= 0.3 is 0 Å². The third kappa shape index (κ3) is 2.51. The van der Waals surface area contributed by atoms with Crippen molar-refractivity contribution in [2.75, 3.05) is 11.4 Å². The van der Waals surface area contributed by atoms with E-state index < -0.39 is 11.6 Å². The van der Waals surface area contributed by atoms with Crippen molar-refractivity contribution in [3.8, 4) is 0 Å². The Hall–Kier alpha value is -1.49. The summed E-state index contributed by atoms with van der Waals surface area (Å²) in [6, 6.07) is 3.01. The van der Waals surface area contributed by atoms with Crippen LogP contribution in [-0.2, 0) is 4.79 Å². The highest BCUT2D eigenvalue weighted by Gasteiger charge is 2.33. The Morgan fingerprint density at radius 2 is 2.11 bits per heavy atom. The van der Waals surface area contributed by atoms with Crippen LogP contribution in [0.1, 0.15) is 20.3 Å². The summed E-state index contributed by atoms with van der Waals surface area (Å²) < 4.78 is 26.7. The first kappa shape index (κ1) is 13.0. The van der Waals surface area contributed by atoms with E-state index in [1.807, 2.05) is 13.8 Å². The molecular formula is C13H16F2N2O. The van der Waals surface area contributed by atoms with Crippen molar-refractivity contribution in [3.05, 3.63) is 29.8 Å². The standard InChI is InChI=1S/C13H16F2N2O/c1-8(2)16-11-5-6-17(13(11)18)12-7-9(14)3-4-10(12)15/h3-4,7-8,11,16H,5-6H2,1-2H3. The molecular weight excluding hydrogens is 238 g/mol. The Balaban J connectivity index is 2.20. The largest absolute Gasteiger partial charge is 0.308 e. The molecule has 5 heteroatoms. The third-order valence-electron chi connectivity index (χ3n) is 2.94. The number of halogens is 2. The average Bonchev–Trinajstić information content (AvgIpc) is 2.64. The second-order valence-electron chi connectivity index (χ2n) is 4.75. The van der Waals surface area contributed by atoms with Gasteiger partial charge in [-0.3, -0.25) is 4.79 Å². The first-order valence-electron chi connectivity index (χ1n) is 6.01. The molecule has 1 aromatic carbocycles. The van der Waals surface area contributed by atoms with E-state index in [1.165, 1.54) is 4.90 Å². The minimum absolute atomic E-state index is 0.0213. The molecule has 0 saturated carbocycles. The summed E-state index contributed by atoms with van der Waals surface area (Å²) >= 11 is 0. The minimum atomic E-state index is -0.574. The second-order valence-corrected chi connectivity index (χ2v) is 4.75. The predicted octanol–water partition coefficient (Wildman–Crippen LogP) is 2.07. The van der Waals surface area contributed by atoms with Crippen molar-refractivity contribution >= 4 is 11.6 Å². The van der Waals surface area contributed by atoms with E-state index in [2.05, 4.69) is 5.32 Å². The highest BCUT2D eigenvalue weighted by molar-refractivity contribution is 5.99. The molecule has 1 amide bonds. The fourth-order valence-corrected chi connectivity index (χ4v) is 2.17. The molecule has 1 N–H and O–H groups in total. The Kier molecular flexibility index (Phi) is 3.61. The highest BCUT2D eigenvalue weighted by atomic mass is 19.1. The van der Waals surface area contributed by atoms with Gasteiger partial charge in [0.1, 0.15) is 11.6 Å². The van der Waals surface area contributed by atoms with Crippen LogP contribution in [0.25, 0.3) is 0 Å². The van der Waals surface area contributed by atoms with Gasteiger partial charge in [-0.1, -0.05) is 13.8 Å². The number of rotatable bonds is 3. The van der Waals surface area contributed by atoms with Gasteiger partial charge in [-0.2, -0.15) is 0 Å². The summed E-state index contributed by atoms with van der Waals surface area (Å²) in [5, 5.41) is 3.12. The highest BCUT2D eigenvalue weighted by Crippen LogP contribution is 2.25. The van der Waals surface area contributed by atoms with Crippen LogP contribution in [-0.4, -0.2) is 24.5 Å². The molecule has 1 aromatic rings. The van der Waals surface area contributed by atoms with Crippen LogP contribution >= 0.6 is 0 Å². The van der Waals surface area contributed by atoms with E-state index in [0.29, 0.717) is 13.0 Å². The van der Waals surface area contributed by atoms with E-state index in [1.54, 1.807) is 0 Å². The summed E-state index contributed by atoms with van der Waals surface area (Å²) in [6.45, 7) is 4.29. The summed E-state index contributed by atoms with van der Waals surface area (Å²) in [5.41, 5.74) is 0.0213. The Labute approximate surface area is 105 Å². The Morgan fingerprint density at radius 1 is 1.39 bits per heavy atom. The lowest BCUT2D eigenvalue weighted by molar-refractivity contribution is -0.119. The van der Waals surface area contributed by atoms with Gasteiger partial charge < -0.3 is 10.2 Å². The lowest BCUT2D eigenvalue weighted by atomic mass is 10.2. The van der Waals surface area contributed by atoms with Crippen LogP contribution in [0.15, 0.2) is 18.2 Å². The molecule has 0 bridgehead atoms. The van der Waals surface area contributed by atoms with Crippen LogP contribution in [0.4, 0.5) is 14.5 Å². The molecule has 0 aromatic heterocycles. The fourth-order valence-electron chi connectivity index (χ4n) is 2.17. The molecule has 1 aliphatic heterocycles. The van der Waals surface area contributed by atoms with Gasteiger partial charge in [0.25, 0.3) is 0 Å². The van der Waals surface area contributed by atoms with Gasteiger partial charge in [0.15, 0.2) is 0 Å². The topological polar surface area (TPSA) is 32.3 Å². The average molecular weight is 254 g/mol. The van der Waals surface area contributed by atoms with Gasteiger partial charge in [0, 0.05) is 18.7 Å². The molecule has 1 unspecified atom stereocenters. The van der Waals surface area contributed by atoms with Crippen LogP contribution in [0.3, 0.4) is 0 Å². The first-order valence-corrected chi connectivity index (χ1v) is 6.01. The van der Waals surface area contributed by atoms with Gasteiger partial charge in [-0.25, -0.2) is 8.78 Å². The first-order chi connectivity index (χ1) is 8.49. The number of carbonyl (C=O) groups excluding carboxylic acids is 1. The maximum Gasteiger partial charge on any atom is 0.244 e. The van der Waals surface area contributed by atoms with Crippen molar-refractivity contribution in [2.45, 2.75) is 32.4 Å². The van der Waals surface area contributed by atoms with Crippen molar-refractivity contribution in [1.29, 1.82) is 0 Å². The zero-order chi connectivity index (χ0) is 13.3. The second kappa shape index (κ2) is 5.02. The molecule has 3 nitrogen and oxygen atoms in total. The molecule has 2 rings (SSSR count). The van der Waals surface area contributed by atoms with Gasteiger partial charge in [-0.05, 0) is 18.6 Å². The smallest absolute Gasteiger partial charge is 0.244 e. The lowest BCUT2D eigenvalue weighted by Crippen LogP contribution is -2.41. The molecule has 0 spiro atoms. The zero-order valence-corrected chi connectivity index (χ0v) is 10.4. The molecule has 0 aliphatic carbocycles. The summed E-state index contributed by atoms with van der Waals surface area (Å²) in [5.74, 6) is -1.32. The van der Waals surface area contributed by atoms with Crippen molar-refractivity contribution in [3.63, 3.8) is 0 Å². The van der Waals surface area contributed by atoms with Crippen LogP contribution in [0.5, 0.6) is 0 Å². The number of hydrogen-bond acceptors (Lipinski definition) is 2. The summed E-state index contributed by atoms with van der Waals surface area (Å²) in [4.78, 5) is 13.4. The number of anilines is 1. The Morgan fingerprint density at radius 3 is 2.78 bits per heavy atom. The minimum Gasteiger partial charge on any atom is -0.308 e. The van der Waals surface area contributed by atoms with Gasteiger partial charge in [0.2, 0.25) is 5.91 Å². The number of hydrogen-bond donors (Lipinski definition) is 1. The molecule has 1 aliphatic rings. The third-order valence-corrected chi connectivity index (χ3v) is 2.94. The maximum atomic E-state index is 13.6. The van der Waals surface area contributed by atoms with Gasteiger partial charge in [-0.15, -0.1) is 0 Å². The Bertz CT molecular complexity index is 462. The molecule has 1 atom stereocenters. The SMILES string of the molecule is CC(C)NC1CCN(c2cc(F)ccc2F)C1=O.